The van der Waals surface area contributed by atoms with Crippen LogP contribution < -0.4 is 5.32 Å². The van der Waals surface area contributed by atoms with Crippen LogP contribution in [0.15, 0.2) is 0 Å². The summed E-state index contributed by atoms with van der Waals surface area (Å²) in [6, 6.07) is 0.697. The molecule has 0 aliphatic heterocycles. The van der Waals surface area contributed by atoms with Crippen LogP contribution in [-0.2, 0) is 0 Å². The summed E-state index contributed by atoms with van der Waals surface area (Å²) in [6.45, 7) is 6.03. The zero-order chi connectivity index (χ0) is 10.9. The second-order valence-electron chi connectivity index (χ2n) is 6.34. The van der Waals surface area contributed by atoms with Crippen molar-refractivity contribution in [2.45, 2.75) is 58.4 Å². The maximum atomic E-state index is 9.56. The van der Waals surface area contributed by atoms with Gasteiger partial charge in [-0.25, -0.2) is 0 Å². The summed E-state index contributed by atoms with van der Waals surface area (Å²) in [4.78, 5) is 0. The predicted molar refractivity (Wildman–Crippen MR) is 62.8 cm³/mol. The van der Waals surface area contributed by atoms with Gasteiger partial charge in [-0.3, -0.25) is 0 Å². The summed E-state index contributed by atoms with van der Waals surface area (Å²) in [5, 5.41) is 13.2. The van der Waals surface area contributed by atoms with Crippen LogP contribution >= 0.6 is 0 Å². The van der Waals surface area contributed by atoms with Crippen LogP contribution in [-0.4, -0.2) is 24.3 Å². The number of aliphatic hydroxyl groups is 1. The number of hydrogen-bond donors (Lipinski definition) is 2. The van der Waals surface area contributed by atoms with E-state index >= 15 is 0 Å². The molecule has 2 N–H and O–H groups in total. The average Bonchev–Trinajstić information content (AvgIpc) is 2.85. The molecule has 2 aliphatic rings. The molecule has 0 amide bonds. The summed E-state index contributed by atoms with van der Waals surface area (Å²) in [5.74, 6) is 0. The number of rotatable bonds is 4. The maximum Gasteiger partial charge on any atom is 0.0499 e. The van der Waals surface area contributed by atoms with E-state index in [-0.39, 0.29) is 5.41 Å². The Labute approximate surface area is 93.5 Å². The minimum Gasteiger partial charge on any atom is -0.396 e. The van der Waals surface area contributed by atoms with E-state index in [4.69, 9.17) is 0 Å². The van der Waals surface area contributed by atoms with Crippen LogP contribution in [0, 0.1) is 10.8 Å². The van der Waals surface area contributed by atoms with E-state index in [0.29, 0.717) is 18.1 Å². The molecule has 0 heterocycles. The molecule has 2 nitrogen and oxygen atoms in total. The van der Waals surface area contributed by atoms with Gasteiger partial charge in [0.05, 0.1) is 0 Å². The summed E-state index contributed by atoms with van der Waals surface area (Å²) in [6.07, 6.45) is 7.69. The topological polar surface area (TPSA) is 32.3 Å². The Morgan fingerprint density at radius 2 is 1.80 bits per heavy atom. The highest BCUT2D eigenvalue weighted by atomic mass is 16.3. The lowest BCUT2D eigenvalue weighted by Gasteiger charge is -2.36. The van der Waals surface area contributed by atoms with Crippen LogP contribution in [0.2, 0.25) is 0 Å². The average molecular weight is 211 g/mol. The van der Waals surface area contributed by atoms with Gasteiger partial charge in [0, 0.05) is 24.6 Å². The van der Waals surface area contributed by atoms with E-state index in [9.17, 15) is 5.11 Å². The lowest BCUT2D eigenvalue weighted by molar-refractivity contribution is 0.0802. The second kappa shape index (κ2) is 4.06. The van der Waals surface area contributed by atoms with Gasteiger partial charge in [0.1, 0.15) is 0 Å². The Kier molecular flexibility index (Phi) is 3.09. The van der Waals surface area contributed by atoms with Gasteiger partial charge in [0.2, 0.25) is 0 Å². The molecule has 2 rings (SSSR count). The third kappa shape index (κ3) is 2.54. The molecule has 0 saturated heterocycles. The van der Waals surface area contributed by atoms with Crippen molar-refractivity contribution in [3.63, 3.8) is 0 Å². The molecule has 2 heteroatoms. The maximum absolute atomic E-state index is 9.56. The summed E-state index contributed by atoms with van der Waals surface area (Å²) >= 11 is 0. The molecule has 2 aliphatic carbocycles. The van der Waals surface area contributed by atoms with Gasteiger partial charge in [-0.15, -0.1) is 0 Å². The Bertz CT molecular complexity index is 219. The Hall–Kier alpha value is -0.0800. The zero-order valence-corrected chi connectivity index (χ0v) is 10.2. The van der Waals surface area contributed by atoms with E-state index in [2.05, 4.69) is 19.2 Å². The third-order valence-corrected chi connectivity index (χ3v) is 4.49. The van der Waals surface area contributed by atoms with Gasteiger partial charge in [-0.1, -0.05) is 33.1 Å². The van der Waals surface area contributed by atoms with E-state index in [0.717, 1.165) is 6.54 Å². The van der Waals surface area contributed by atoms with Gasteiger partial charge in [0.25, 0.3) is 0 Å². The largest absolute Gasteiger partial charge is 0.396 e. The number of hydrogen-bond acceptors (Lipinski definition) is 2. The quantitative estimate of drug-likeness (QED) is 0.748. The third-order valence-electron chi connectivity index (χ3n) is 4.49. The minimum absolute atomic E-state index is 0.205. The summed E-state index contributed by atoms with van der Waals surface area (Å²) in [7, 11) is 0. The van der Waals surface area contributed by atoms with Crippen molar-refractivity contribution in [1.82, 2.24) is 5.32 Å². The summed E-state index contributed by atoms with van der Waals surface area (Å²) < 4.78 is 0. The van der Waals surface area contributed by atoms with E-state index in [1.165, 1.54) is 38.5 Å². The molecule has 0 spiro atoms. The highest BCUT2D eigenvalue weighted by Gasteiger charge is 2.46. The standard InChI is InChI=1S/C13H25NO/c1-12(2)8-11(12)14-9-13(10-15)6-4-3-5-7-13/h11,14-15H,3-10H2,1-2H3. The van der Waals surface area contributed by atoms with Crippen molar-refractivity contribution in [1.29, 1.82) is 0 Å². The number of nitrogens with one attached hydrogen (secondary N) is 1. The monoisotopic (exact) mass is 211 g/mol. The summed E-state index contributed by atoms with van der Waals surface area (Å²) in [5.41, 5.74) is 0.711. The molecule has 0 aromatic rings. The molecular formula is C13H25NO. The first-order chi connectivity index (χ1) is 7.08. The van der Waals surface area contributed by atoms with Crippen molar-refractivity contribution >= 4 is 0 Å². The fraction of sp³-hybridized carbons (Fsp3) is 1.00. The van der Waals surface area contributed by atoms with Crippen LogP contribution in [0.25, 0.3) is 0 Å². The van der Waals surface area contributed by atoms with Gasteiger partial charge in [-0.05, 0) is 24.7 Å². The Morgan fingerprint density at radius 3 is 2.27 bits per heavy atom. The van der Waals surface area contributed by atoms with Crippen LogP contribution in [0.3, 0.4) is 0 Å². The number of aliphatic hydroxyl groups excluding tert-OH is 1. The van der Waals surface area contributed by atoms with Crippen molar-refractivity contribution in [2.75, 3.05) is 13.2 Å². The van der Waals surface area contributed by atoms with Crippen molar-refractivity contribution in [3.8, 4) is 0 Å². The SMILES string of the molecule is CC1(C)CC1NCC1(CO)CCCCC1. The van der Waals surface area contributed by atoms with Crippen molar-refractivity contribution in [3.05, 3.63) is 0 Å². The van der Waals surface area contributed by atoms with E-state index in [1.807, 2.05) is 0 Å². The molecule has 1 unspecified atom stereocenters. The highest BCUT2D eigenvalue weighted by Crippen LogP contribution is 2.45. The molecule has 15 heavy (non-hydrogen) atoms. The Balaban J connectivity index is 1.80. The van der Waals surface area contributed by atoms with Crippen LogP contribution in [0.4, 0.5) is 0 Å². The van der Waals surface area contributed by atoms with Gasteiger partial charge in [-0.2, -0.15) is 0 Å². The van der Waals surface area contributed by atoms with Crippen LogP contribution in [0.5, 0.6) is 0 Å². The Morgan fingerprint density at radius 1 is 1.20 bits per heavy atom. The van der Waals surface area contributed by atoms with Crippen molar-refractivity contribution < 1.29 is 5.11 Å². The fourth-order valence-electron chi connectivity index (χ4n) is 2.85. The fourth-order valence-corrected chi connectivity index (χ4v) is 2.85. The van der Waals surface area contributed by atoms with Gasteiger partial charge >= 0.3 is 0 Å². The predicted octanol–water partition coefficient (Wildman–Crippen LogP) is 2.32. The normalized spacial score (nSPS) is 32.6. The zero-order valence-electron chi connectivity index (χ0n) is 10.2. The molecule has 0 aromatic heterocycles. The smallest absolute Gasteiger partial charge is 0.0499 e. The van der Waals surface area contributed by atoms with E-state index < -0.39 is 0 Å². The van der Waals surface area contributed by atoms with Gasteiger partial charge < -0.3 is 10.4 Å². The molecule has 1 atom stereocenters. The first-order valence-corrected chi connectivity index (χ1v) is 6.42. The molecule has 2 saturated carbocycles. The van der Waals surface area contributed by atoms with Crippen LogP contribution in [0.1, 0.15) is 52.4 Å². The highest BCUT2D eigenvalue weighted by molar-refractivity contribution is 5.02. The van der Waals surface area contributed by atoms with Gasteiger partial charge in [0.15, 0.2) is 0 Å². The van der Waals surface area contributed by atoms with E-state index in [1.54, 1.807) is 0 Å². The molecule has 88 valence electrons. The lowest BCUT2D eigenvalue weighted by Crippen LogP contribution is -2.40. The second-order valence-corrected chi connectivity index (χ2v) is 6.34. The first-order valence-electron chi connectivity index (χ1n) is 6.42. The van der Waals surface area contributed by atoms with Crippen molar-refractivity contribution in [2.24, 2.45) is 10.8 Å². The molecular weight excluding hydrogens is 186 g/mol. The lowest BCUT2D eigenvalue weighted by atomic mass is 9.74. The molecule has 2 fully saturated rings. The first kappa shape index (κ1) is 11.4. The molecule has 0 aromatic carbocycles. The molecule has 0 radical (unpaired) electrons. The molecule has 0 bridgehead atoms. The minimum atomic E-state index is 0.205.